The van der Waals surface area contributed by atoms with Crippen LogP contribution >= 0.6 is 37.2 Å². The molecule has 0 amide bonds. The molecule has 0 fully saturated rings. The van der Waals surface area contributed by atoms with Gasteiger partial charge in [0.05, 0.1) is 0 Å². The zero-order chi connectivity index (χ0) is 7.23. The summed E-state index contributed by atoms with van der Waals surface area (Å²) < 4.78 is 1.71. The molecule has 0 aromatic carbocycles. The molecule has 1 rings (SSSR count). The Morgan fingerprint density at radius 1 is 1.31 bits per heavy atom. The maximum atomic E-state index is 2.30. The second-order valence-electron chi connectivity index (χ2n) is 2.53. The first kappa shape index (κ1) is 19.5. The zero-order valence-electron chi connectivity index (χ0n) is 7.73. The molecule has 0 spiro atoms. The summed E-state index contributed by atoms with van der Waals surface area (Å²) in [5.41, 5.74) is 0. The Balaban J connectivity index is -0.000000333. The van der Waals surface area contributed by atoms with Gasteiger partial charge in [-0.05, 0) is 0 Å². The van der Waals surface area contributed by atoms with Crippen LogP contribution in [0.1, 0.15) is 26.2 Å². The molecule has 0 saturated heterocycles. The quantitative estimate of drug-likeness (QED) is 0.671. The molecule has 0 aromatic rings. The van der Waals surface area contributed by atoms with E-state index < -0.39 is 0 Å². The Labute approximate surface area is 107 Å². The van der Waals surface area contributed by atoms with Gasteiger partial charge >= 0.3 is 70.1 Å². The molecule has 0 aliphatic heterocycles. The summed E-state index contributed by atoms with van der Waals surface area (Å²) in [7, 11) is 0. The fraction of sp³-hybridized carbons (Fsp3) is 0.556. The molecule has 79 valence electrons. The summed E-state index contributed by atoms with van der Waals surface area (Å²) >= 11 is 0.547. The maximum absolute atomic E-state index is 2.30. The van der Waals surface area contributed by atoms with Crippen molar-refractivity contribution in [1.29, 1.82) is 0 Å². The fourth-order valence-electron chi connectivity index (χ4n) is 0.934. The molecule has 0 atom stereocenters. The van der Waals surface area contributed by atoms with Gasteiger partial charge in [-0.2, -0.15) is 0 Å². The topological polar surface area (TPSA) is 0 Å². The van der Waals surface area contributed by atoms with Crippen molar-refractivity contribution in [2.24, 2.45) is 0 Å². The molecular weight excluding hydrogens is 265 g/mol. The van der Waals surface area contributed by atoms with Gasteiger partial charge < -0.3 is 0 Å². The first-order valence-corrected chi connectivity index (χ1v) is 5.65. The Kier molecular flexibility index (Phi) is 19.4. The third kappa shape index (κ3) is 9.24. The van der Waals surface area contributed by atoms with E-state index in [0.29, 0.717) is 16.3 Å². The Morgan fingerprint density at radius 2 is 2.00 bits per heavy atom. The summed E-state index contributed by atoms with van der Waals surface area (Å²) in [4.78, 5) is 0. The Bertz CT molecular complexity index is 155. The minimum Gasteiger partial charge on any atom is -0.147 e. The zero-order valence-corrected chi connectivity index (χ0v) is 11.6. The molecule has 0 N–H and O–H groups in total. The number of hydrogen-bond donors (Lipinski definition) is 0. The van der Waals surface area contributed by atoms with E-state index in [0.717, 1.165) is 0 Å². The maximum Gasteiger partial charge on any atom is -0.147 e. The van der Waals surface area contributed by atoms with Gasteiger partial charge in [-0.1, -0.05) is 0 Å². The van der Waals surface area contributed by atoms with Crippen molar-refractivity contribution in [3.05, 3.63) is 22.5 Å². The van der Waals surface area contributed by atoms with Crippen molar-refractivity contribution in [3.63, 3.8) is 0 Å². The van der Waals surface area contributed by atoms with Crippen LogP contribution in [-0.2, 0) is 16.3 Å². The standard InChI is InChI=1S/C5H5.C4H9.3ClH.V/c1-2-4-5-3-1;1-3-4-2;;;;/h1-3H,4H2;1,3-4H2,2H3;3*1H;. The van der Waals surface area contributed by atoms with Gasteiger partial charge in [-0.15, -0.1) is 37.2 Å². The second kappa shape index (κ2) is 12.9. The number of rotatable bonds is 4. The smallest absolute Gasteiger partial charge is 0.147 e. The molecule has 0 saturated carbocycles. The van der Waals surface area contributed by atoms with Crippen LogP contribution in [0.4, 0.5) is 0 Å². The van der Waals surface area contributed by atoms with Crippen molar-refractivity contribution in [1.82, 2.24) is 0 Å². The summed E-state index contributed by atoms with van der Waals surface area (Å²) in [6.45, 7) is 2.27. The molecule has 0 bridgehead atoms. The average molecular weight is 283 g/mol. The van der Waals surface area contributed by atoms with Crippen molar-refractivity contribution < 1.29 is 16.3 Å². The number of allylic oxidation sites excluding steroid dienone is 4. The predicted octanol–water partition coefficient (Wildman–Crippen LogP) is 4.40. The van der Waals surface area contributed by atoms with Gasteiger partial charge in [0.25, 0.3) is 0 Å². The van der Waals surface area contributed by atoms with Crippen LogP contribution in [0.3, 0.4) is 0 Å². The third-order valence-electron chi connectivity index (χ3n) is 1.58. The van der Waals surface area contributed by atoms with Crippen molar-refractivity contribution in [2.75, 3.05) is 0 Å². The minimum atomic E-state index is 0. The van der Waals surface area contributed by atoms with Crippen LogP contribution < -0.4 is 0 Å². The number of halogens is 3. The summed E-state index contributed by atoms with van der Waals surface area (Å²) in [5, 5.41) is 1.47. The molecule has 0 radical (unpaired) electrons. The largest absolute Gasteiger partial charge is 0.147 e. The SMILES string of the molecule is CCC[CH2][V][C]1=CC=CC1.Cl.Cl.Cl. The average Bonchev–Trinajstić information content (AvgIpc) is 2.41. The number of hydrogen-bond acceptors (Lipinski definition) is 0. The first-order chi connectivity index (χ1) is 4.93. The van der Waals surface area contributed by atoms with Gasteiger partial charge in [0, 0.05) is 0 Å². The fourth-order valence-corrected chi connectivity index (χ4v) is 2.79. The normalized spacial score (nSPS) is 11.9. The van der Waals surface area contributed by atoms with Crippen LogP contribution in [0.2, 0.25) is 5.13 Å². The Hall–Kier alpha value is 0.934. The van der Waals surface area contributed by atoms with E-state index in [1.165, 1.54) is 24.4 Å². The van der Waals surface area contributed by atoms with E-state index in [4.69, 9.17) is 0 Å². The molecule has 0 nitrogen and oxygen atoms in total. The van der Waals surface area contributed by atoms with Crippen molar-refractivity contribution >= 4 is 37.2 Å². The van der Waals surface area contributed by atoms with Crippen LogP contribution in [0, 0.1) is 0 Å². The van der Waals surface area contributed by atoms with Crippen LogP contribution in [0.25, 0.3) is 0 Å². The Morgan fingerprint density at radius 3 is 2.46 bits per heavy atom. The van der Waals surface area contributed by atoms with E-state index in [2.05, 4.69) is 25.2 Å². The molecule has 0 heterocycles. The number of unbranched alkanes of at least 4 members (excludes halogenated alkanes) is 1. The van der Waals surface area contributed by atoms with Gasteiger partial charge in [0.1, 0.15) is 0 Å². The predicted molar refractivity (Wildman–Crippen MR) is 63.3 cm³/mol. The van der Waals surface area contributed by atoms with Crippen LogP contribution in [0.5, 0.6) is 0 Å². The van der Waals surface area contributed by atoms with E-state index in [-0.39, 0.29) is 37.2 Å². The first-order valence-electron chi connectivity index (χ1n) is 3.96. The molecular formula is C9H17Cl3V. The molecule has 0 aromatic heterocycles. The van der Waals surface area contributed by atoms with E-state index in [1.54, 1.807) is 4.28 Å². The molecule has 13 heavy (non-hydrogen) atoms. The van der Waals surface area contributed by atoms with Gasteiger partial charge in [0.2, 0.25) is 0 Å². The second-order valence-corrected chi connectivity index (χ2v) is 4.61. The van der Waals surface area contributed by atoms with E-state index in [1.807, 2.05) is 0 Å². The minimum absolute atomic E-state index is 0. The van der Waals surface area contributed by atoms with Crippen molar-refractivity contribution in [2.45, 2.75) is 31.3 Å². The molecule has 4 heteroatoms. The van der Waals surface area contributed by atoms with E-state index in [9.17, 15) is 0 Å². The summed E-state index contributed by atoms with van der Waals surface area (Å²) in [6, 6.07) is 0. The van der Waals surface area contributed by atoms with Crippen molar-refractivity contribution in [3.8, 4) is 0 Å². The monoisotopic (exact) mass is 281 g/mol. The van der Waals surface area contributed by atoms with Crippen LogP contribution in [-0.4, -0.2) is 0 Å². The third-order valence-corrected chi connectivity index (χ3v) is 3.57. The molecule has 1 aliphatic rings. The summed E-state index contributed by atoms with van der Waals surface area (Å²) in [5.74, 6) is 0. The molecule has 1 aliphatic carbocycles. The van der Waals surface area contributed by atoms with E-state index >= 15 is 0 Å². The van der Waals surface area contributed by atoms with Gasteiger partial charge in [-0.3, -0.25) is 0 Å². The van der Waals surface area contributed by atoms with Gasteiger partial charge in [0.15, 0.2) is 0 Å². The van der Waals surface area contributed by atoms with Gasteiger partial charge in [-0.25, -0.2) is 0 Å². The summed E-state index contributed by atoms with van der Waals surface area (Å²) in [6.07, 6.45) is 10.8. The molecule has 0 unspecified atom stereocenters. The van der Waals surface area contributed by atoms with Crippen LogP contribution in [0.15, 0.2) is 22.5 Å².